The van der Waals surface area contributed by atoms with E-state index in [0.29, 0.717) is 17.5 Å². The maximum atomic E-state index is 5.06. The Balaban J connectivity index is 1.32. The number of thiophene rings is 1. The summed E-state index contributed by atoms with van der Waals surface area (Å²) in [5, 5.41) is 4.95. The standard InChI is InChI=1S/C37H23N3S/c1-3-10-24(11-4-1)25-18-20-27(21-19-25)36-38-35(26-12-5-2-6-13-26)39-37(40-36)32-16-9-15-30-28(32)22-23-31-29-14-7-8-17-33(29)41-34(30)31/h1-23H. The summed E-state index contributed by atoms with van der Waals surface area (Å²) in [6.45, 7) is 0. The van der Waals surface area contributed by atoms with Gasteiger partial charge in [0.05, 0.1) is 0 Å². The first kappa shape index (κ1) is 23.7. The van der Waals surface area contributed by atoms with Crippen molar-refractivity contribution < 1.29 is 0 Å². The molecule has 0 atom stereocenters. The molecule has 0 aliphatic heterocycles. The zero-order chi connectivity index (χ0) is 27.2. The van der Waals surface area contributed by atoms with Gasteiger partial charge in [-0.15, -0.1) is 11.3 Å². The topological polar surface area (TPSA) is 38.7 Å². The van der Waals surface area contributed by atoms with Crippen LogP contribution in [0.15, 0.2) is 140 Å². The third-order valence-electron chi connectivity index (χ3n) is 7.56. The second-order valence-corrected chi connectivity index (χ2v) is 11.1. The summed E-state index contributed by atoms with van der Waals surface area (Å²) in [4.78, 5) is 15.0. The fourth-order valence-corrected chi connectivity index (χ4v) is 6.75. The first-order chi connectivity index (χ1) is 20.3. The molecule has 3 nitrogen and oxygen atoms in total. The van der Waals surface area contributed by atoms with Crippen molar-refractivity contribution in [1.82, 2.24) is 15.0 Å². The van der Waals surface area contributed by atoms with Crippen LogP contribution in [0.5, 0.6) is 0 Å². The van der Waals surface area contributed by atoms with Crippen molar-refractivity contribution in [3.63, 3.8) is 0 Å². The summed E-state index contributed by atoms with van der Waals surface area (Å²) in [5.41, 5.74) is 5.27. The van der Waals surface area contributed by atoms with E-state index in [4.69, 9.17) is 15.0 Å². The lowest BCUT2D eigenvalue weighted by molar-refractivity contribution is 1.08. The number of benzene rings is 6. The van der Waals surface area contributed by atoms with E-state index in [1.807, 2.05) is 47.7 Å². The lowest BCUT2D eigenvalue weighted by Gasteiger charge is -2.11. The molecule has 8 rings (SSSR count). The molecule has 41 heavy (non-hydrogen) atoms. The zero-order valence-corrected chi connectivity index (χ0v) is 22.8. The molecule has 0 N–H and O–H groups in total. The van der Waals surface area contributed by atoms with Crippen molar-refractivity contribution in [1.29, 1.82) is 0 Å². The van der Waals surface area contributed by atoms with Crippen LogP contribution >= 0.6 is 11.3 Å². The molecule has 0 radical (unpaired) electrons. The molecular formula is C37H23N3S. The Morgan fingerprint density at radius 2 is 0.854 bits per heavy atom. The van der Waals surface area contributed by atoms with Gasteiger partial charge in [0.2, 0.25) is 0 Å². The van der Waals surface area contributed by atoms with Crippen molar-refractivity contribution in [2.24, 2.45) is 0 Å². The van der Waals surface area contributed by atoms with Gasteiger partial charge >= 0.3 is 0 Å². The summed E-state index contributed by atoms with van der Waals surface area (Å²) in [5.74, 6) is 2.00. The molecule has 2 heterocycles. The van der Waals surface area contributed by atoms with E-state index in [-0.39, 0.29) is 0 Å². The molecule has 0 bridgehead atoms. The van der Waals surface area contributed by atoms with Crippen LogP contribution in [0, 0.1) is 0 Å². The minimum Gasteiger partial charge on any atom is -0.208 e. The third-order valence-corrected chi connectivity index (χ3v) is 8.78. The third kappa shape index (κ3) is 4.17. The van der Waals surface area contributed by atoms with Crippen LogP contribution in [0.2, 0.25) is 0 Å². The minimum atomic E-state index is 0.661. The highest BCUT2D eigenvalue weighted by Gasteiger charge is 2.16. The molecule has 8 aromatic rings. The minimum absolute atomic E-state index is 0.661. The van der Waals surface area contributed by atoms with Crippen LogP contribution in [-0.2, 0) is 0 Å². The van der Waals surface area contributed by atoms with E-state index in [9.17, 15) is 0 Å². The van der Waals surface area contributed by atoms with Crippen molar-refractivity contribution in [3.8, 4) is 45.3 Å². The molecule has 6 aromatic carbocycles. The highest BCUT2D eigenvalue weighted by molar-refractivity contribution is 7.26. The number of aromatic nitrogens is 3. The van der Waals surface area contributed by atoms with Crippen LogP contribution in [0.4, 0.5) is 0 Å². The average Bonchev–Trinajstić information content (AvgIpc) is 3.44. The molecule has 0 aliphatic rings. The van der Waals surface area contributed by atoms with Gasteiger partial charge in [-0.3, -0.25) is 0 Å². The second-order valence-electron chi connectivity index (χ2n) is 10.1. The smallest absolute Gasteiger partial charge is 0.164 e. The van der Waals surface area contributed by atoms with Crippen molar-refractivity contribution in [2.45, 2.75) is 0 Å². The normalized spacial score (nSPS) is 11.4. The summed E-state index contributed by atoms with van der Waals surface area (Å²) < 4.78 is 2.59. The molecular weight excluding hydrogens is 518 g/mol. The molecule has 0 spiro atoms. The molecule has 2 aromatic heterocycles. The molecule has 0 saturated carbocycles. The fourth-order valence-electron chi connectivity index (χ4n) is 5.52. The van der Waals surface area contributed by atoms with Crippen LogP contribution < -0.4 is 0 Å². The lowest BCUT2D eigenvalue weighted by Crippen LogP contribution is -2.00. The van der Waals surface area contributed by atoms with E-state index in [2.05, 4.69) is 103 Å². The second kappa shape index (κ2) is 9.77. The summed E-state index contributed by atoms with van der Waals surface area (Å²) in [7, 11) is 0. The monoisotopic (exact) mass is 541 g/mol. The van der Waals surface area contributed by atoms with E-state index in [1.54, 1.807) is 0 Å². The van der Waals surface area contributed by atoms with Gasteiger partial charge in [0, 0.05) is 42.2 Å². The maximum Gasteiger partial charge on any atom is 0.164 e. The number of hydrogen-bond donors (Lipinski definition) is 0. The van der Waals surface area contributed by atoms with Crippen LogP contribution in [-0.4, -0.2) is 15.0 Å². The number of hydrogen-bond acceptors (Lipinski definition) is 4. The van der Waals surface area contributed by atoms with Gasteiger partial charge in [0.25, 0.3) is 0 Å². The molecule has 0 aliphatic carbocycles. The van der Waals surface area contributed by atoms with Crippen molar-refractivity contribution in [2.75, 3.05) is 0 Å². The number of nitrogens with zero attached hydrogens (tertiary/aromatic N) is 3. The Morgan fingerprint density at radius 3 is 1.61 bits per heavy atom. The van der Waals surface area contributed by atoms with Gasteiger partial charge < -0.3 is 0 Å². The highest BCUT2D eigenvalue weighted by atomic mass is 32.1. The Labute approximate surface area is 241 Å². The number of fused-ring (bicyclic) bond motifs is 5. The predicted molar refractivity (Wildman–Crippen MR) is 172 cm³/mol. The molecule has 4 heteroatoms. The maximum absolute atomic E-state index is 5.06. The molecule has 0 saturated heterocycles. The average molecular weight is 542 g/mol. The van der Waals surface area contributed by atoms with Gasteiger partial charge in [-0.25, -0.2) is 15.0 Å². The summed E-state index contributed by atoms with van der Waals surface area (Å²) in [6.07, 6.45) is 0. The SMILES string of the molecule is c1ccc(-c2ccc(-c3nc(-c4ccccc4)nc(-c4cccc5c4ccc4c6ccccc6sc54)n3)cc2)cc1. The first-order valence-electron chi connectivity index (χ1n) is 13.6. The van der Waals surface area contributed by atoms with E-state index >= 15 is 0 Å². The fraction of sp³-hybridized carbons (Fsp3) is 0. The first-order valence-corrected chi connectivity index (χ1v) is 14.4. The van der Waals surface area contributed by atoms with Crippen molar-refractivity contribution >= 4 is 42.3 Å². The molecule has 0 amide bonds. The Bertz CT molecular complexity index is 2180. The lowest BCUT2D eigenvalue weighted by atomic mass is 10.0. The quantitative estimate of drug-likeness (QED) is 0.222. The van der Waals surface area contributed by atoms with Crippen LogP contribution in [0.3, 0.4) is 0 Å². The number of rotatable bonds is 4. The summed E-state index contributed by atoms with van der Waals surface area (Å²) in [6, 6.07) is 48.5. The van der Waals surface area contributed by atoms with Gasteiger partial charge in [0.1, 0.15) is 0 Å². The molecule has 192 valence electrons. The van der Waals surface area contributed by atoms with E-state index < -0.39 is 0 Å². The molecule has 0 unspecified atom stereocenters. The van der Waals surface area contributed by atoms with Gasteiger partial charge in [-0.05, 0) is 22.6 Å². The predicted octanol–water partition coefficient (Wildman–Crippen LogP) is 10.1. The highest BCUT2D eigenvalue weighted by Crippen LogP contribution is 2.40. The zero-order valence-electron chi connectivity index (χ0n) is 22.0. The van der Waals surface area contributed by atoms with Crippen LogP contribution in [0.1, 0.15) is 0 Å². The van der Waals surface area contributed by atoms with Crippen LogP contribution in [0.25, 0.3) is 76.2 Å². The van der Waals surface area contributed by atoms with Gasteiger partial charge in [-0.2, -0.15) is 0 Å². The van der Waals surface area contributed by atoms with E-state index in [1.165, 1.54) is 31.1 Å². The largest absolute Gasteiger partial charge is 0.208 e. The van der Waals surface area contributed by atoms with Crippen molar-refractivity contribution in [3.05, 3.63) is 140 Å². The molecule has 0 fully saturated rings. The Morgan fingerprint density at radius 1 is 0.341 bits per heavy atom. The van der Waals surface area contributed by atoms with Gasteiger partial charge in [0.15, 0.2) is 17.5 Å². The Hall–Kier alpha value is -5.19. The van der Waals surface area contributed by atoms with E-state index in [0.717, 1.165) is 27.6 Å². The summed E-state index contributed by atoms with van der Waals surface area (Å²) >= 11 is 1.84. The Kier molecular flexibility index (Phi) is 5.64. The van der Waals surface area contributed by atoms with Gasteiger partial charge in [-0.1, -0.05) is 133 Å².